The molecule has 210 valence electrons. The fraction of sp³-hybridized carbons (Fsp3) is 0.267. The van der Waals surface area contributed by atoms with E-state index in [2.05, 4.69) is 30.5 Å². The molecular formula is C30H30ClN7O3. The molecule has 6 bridgehead atoms. The molecule has 2 aromatic heterocycles. The van der Waals surface area contributed by atoms with Crippen molar-refractivity contribution in [1.29, 1.82) is 0 Å². The van der Waals surface area contributed by atoms with E-state index in [1.54, 1.807) is 19.5 Å². The number of para-hydroxylation sites is 2. The van der Waals surface area contributed by atoms with Crippen molar-refractivity contribution in [1.82, 2.24) is 19.9 Å². The van der Waals surface area contributed by atoms with Crippen molar-refractivity contribution >= 4 is 46.3 Å². The summed E-state index contributed by atoms with van der Waals surface area (Å²) < 4.78 is 11.6. The van der Waals surface area contributed by atoms with Crippen LogP contribution in [0.3, 0.4) is 0 Å². The molecule has 10 nitrogen and oxygen atoms in total. The summed E-state index contributed by atoms with van der Waals surface area (Å²) in [4.78, 5) is 30.4. The van der Waals surface area contributed by atoms with Crippen molar-refractivity contribution in [3.63, 3.8) is 0 Å². The summed E-state index contributed by atoms with van der Waals surface area (Å²) in [6.45, 7) is 2.67. The van der Waals surface area contributed by atoms with E-state index in [0.29, 0.717) is 42.0 Å². The first kappa shape index (κ1) is 26.6. The molecule has 6 rings (SSSR count). The van der Waals surface area contributed by atoms with Gasteiger partial charge in [0.15, 0.2) is 12.4 Å². The Hall–Kier alpha value is -4.57. The number of carbonyl (C=O) groups excluding carboxylic acids is 1. The molecular weight excluding hydrogens is 542 g/mol. The van der Waals surface area contributed by atoms with Gasteiger partial charge in [0, 0.05) is 38.1 Å². The number of rotatable bonds is 5. The largest absolute Gasteiger partial charge is 0.495 e. The van der Waals surface area contributed by atoms with E-state index in [0.717, 1.165) is 53.4 Å². The Kier molecular flexibility index (Phi) is 7.73. The second-order valence-electron chi connectivity index (χ2n) is 9.87. The molecule has 1 amide bonds. The lowest BCUT2D eigenvalue weighted by atomic mass is 10.0. The summed E-state index contributed by atoms with van der Waals surface area (Å²) in [5.41, 5.74) is 4.66. The molecule has 0 spiro atoms. The minimum atomic E-state index is -0.0352. The summed E-state index contributed by atoms with van der Waals surface area (Å²) >= 11 is 6.38. The van der Waals surface area contributed by atoms with Crippen LogP contribution in [0.15, 0.2) is 67.1 Å². The Morgan fingerprint density at radius 1 is 0.951 bits per heavy atom. The molecule has 4 aromatic rings. The number of methoxy groups -OCH3 is 1. The molecule has 1 fully saturated rings. The number of aryl methyl sites for hydroxylation is 2. The average molecular weight is 572 g/mol. The van der Waals surface area contributed by atoms with Crippen molar-refractivity contribution in [3.05, 3.63) is 83.3 Å². The SMILES string of the molecule is COc1ccccc1N1CCN(C(=O)COc2ccc3cc2CCc2cncc(c2)Nc2ncc(Cl)c(n2)N3)CC1. The number of nitrogens with one attached hydrogen (secondary N) is 2. The van der Waals surface area contributed by atoms with Gasteiger partial charge in [-0.1, -0.05) is 23.7 Å². The van der Waals surface area contributed by atoms with Crippen LogP contribution < -0.4 is 25.0 Å². The summed E-state index contributed by atoms with van der Waals surface area (Å²) in [6, 6.07) is 15.8. The molecule has 1 saturated heterocycles. The van der Waals surface area contributed by atoms with Gasteiger partial charge in [0.2, 0.25) is 5.95 Å². The van der Waals surface area contributed by atoms with E-state index in [1.807, 2.05) is 59.6 Å². The Bertz CT molecular complexity index is 1560. The van der Waals surface area contributed by atoms with Gasteiger partial charge in [-0.3, -0.25) is 9.78 Å². The first-order chi connectivity index (χ1) is 20.1. The molecule has 0 saturated carbocycles. The molecule has 41 heavy (non-hydrogen) atoms. The number of aromatic nitrogens is 3. The average Bonchev–Trinajstić information content (AvgIpc) is 3.01. The predicted octanol–water partition coefficient (Wildman–Crippen LogP) is 4.85. The van der Waals surface area contributed by atoms with E-state index >= 15 is 0 Å². The summed E-state index contributed by atoms with van der Waals surface area (Å²) in [5, 5.41) is 6.87. The Morgan fingerprint density at radius 2 is 1.80 bits per heavy atom. The van der Waals surface area contributed by atoms with Crippen LogP contribution in [-0.2, 0) is 17.6 Å². The van der Waals surface area contributed by atoms with Crippen LogP contribution in [0.25, 0.3) is 0 Å². The maximum absolute atomic E-state index is 13.1. The molecule has 0 atom stereocenters. The third-order valence-corrected chi connectivity index (χ3v) is 7.49. The Labute approximate surface area is 243 Å². The quantitative estimate of drug-likeness (QED) is 0.348. The minimum Gasteiger partial charge on any atom is -0.495 e. The minimum absolute atomic E-state index is 0.0313. The number of anilines is 5. The highest BCUT2D eigenvalue weighted by atomic mass is 35.5. The number of ether oxygens (including phenoxy) is 2. The standard InChI is InChI=1S/C30H30ClN7O3/c1-40-27-5-3-2-4-25(27)37-10-12-38(13-11-37)28(39)19-41-26-9-8-22-15-21(26)7-6-20-14-23(17-32-16-20)35-30-33-18-24(31)29(34-22)36-30/h2-5,8-9,14-18H,6-7,10-13,19H2,1H3,(H2,33,34,35,36). The highest BCUT2D eigenvalue weighted by Gasteiger charge is 2.23. The topological polar surface area (TPSA) is 105 Å². The van der Waals surface area contributed by atoms with Crippen LogP contribution in [0.4, 0.5) is 28.8 Å². The van der Waals surface area contributed by atoms with Crippen LogP contribution in [0.5, 0.6) is 11.5 Å². The maximum atomic E-state index is 13.1. The molecule has 2 aromatic carbocycles. The van der Waals surface area contributed by atoms with E-state index in [4.69, 9.17) is 21.1 Å². The van der Waals surface area contributed by atoms with Crippen molar-refractivity contribution in [2.24, 2.45) is 0 Å². The van der Waals surface area contributed by atoms with E-state index in [1.165, 1.54) is 0 Å². The van der Waals surface area contributed by atoms with Gasteiger partial charge >= 0.3 is 0 Å². The number of piperazine rings is 1. The smallest absolute Gasteiger partial charge is 0.260 e. The van der Waals surface area contributed by atoms with E-state index < -0.39 is 0 Å². The molecule has 2 N–H and O–H groups in total. The van der Waals surface area contributed by atoms with Gasteiger partial charge in [0.25, 0.3) is 5.91 Å². The van der Waals surface area contributed by atoms with Gasteiger partial charge in [0.1, 0.15) is 16.5 Å². The molecule has 0 radical (unpaired) electrons. The number of nitrogens with zero attached hydrogens (tertiary/aromatic N) is 5. The fourth-order valence-electron chi connectivity index (χ4n) is 5.06. The summed E-state index contributed by atoms with van der Waals surface area (Å²) in [6.07, 6.45) is 6.55. The first-order valence-corrected chi connectivity index (χ1v) is 13.9. The molecule has 4 heterocycles. The van der Waals surface area contributed by atoms with Gasteiger partial charge in [-0.2, -0.15) is 4.98 Å². The highest BCUT2D eigenvalue weighted by molar-refractivity contribution is 6.32. The summed E-state index contributed by atoms with van der Waals surface area (Å²) in [5.74, 6) is 2.37. The lowest BCUT2D eigenvalue weighted by molar-refractivity contribution is -0.133. The number of pyridine rings is 1. The van der Waals surface area contributed by atoms with Crippen molar-refractivity contribution < 1.29 is 14.3 Å². The summed E-state index contributed by atoms with van der Waals surface area (Å²) in [7, 11) is 1.68. The predicted molar refractivity (Wildman–Crippen MR) is 159 cm³/mol. The number of halogens is 1. The highest BCUT2D eigenvalue weighted by Crippen LogP contribution is 2.31. The zero-order chi connectivity index (χ0) is 28.2. The van der Waals surface area contributed by atoms with Crippen LogP contribution in [0, 0.1) is 0 Å². The lowest BCUT2D eigenvalue weighted by Gasteiger charge is -2.36. The zero-order valence-electron chi connectivity index (χ0n) is 22.6. The van der Waals surface area contributed by atoms with Crippen LogP contribution in [0.1, 0.15) is 11.1 Å². The van der Waals surface area contributed by atoms with Gasteiger partial charge in [0.05, 0.1) is 30.9 Å². The fourth-order valence-corrected chi connectivity index (χ4v) is 5.20. The van der Waals surface area contributed by atoms with E-state index in [9.17, 15) is 4.79 Å². The van der Waals surface area contributed by atoms with Gasteiger partial charge in [-0.15, -0.1) is 0 Å². The van der Waals surface area contributed by atoms with Crippen molar-refractivity contribution in [3.8, 4) is 11.5 Å². The maximum Gasteiger partial charge on any atom is 0.260 e. The van der Waals surface area contributed by atoms with Gasteiger partial charge in [-0.25, -0.2) is 4.98 Å². The number of amides is 1. The van der Waals surface area contributed by atoms with Crippen LogP contribution in [-0.4, -0.2) is 65.7 Å². The third-order valence-electron chi connectivity index (χ3n) is 7.21. The van der Waals surface area contributed by atoms with Crippen molar-refractivity contribution in [2.75, 3.05) is 55.4 Å². The van der Waals surface area contributed by atoms with Crippen molar-refractivity contribution in [2.45, 2.75) is 12.8 Å². The van der Waals surface area contributed by atoms with E-state index in [-0.39, 0.29) is 12.5 Å². The van der Waals surface area contributed by atoms with Gasteiger partial charge < -0.3 is 29.9 Å². The Balaban J connectivity index is 1.15. The number of fused-ring (bicyclic) bond motifs is 6. The molecule has 0 aliphatic carbocycles. The monoisotopic (exact) mass is 571 g/mol. The third kappa shape index (κ3) is 6.12. The van der Waals surface area contributed by atoms with Crippen LogP contribution >= 0.6 is 11.6 Å². The molecule has 2 aliphatic rings. The van der Waals surface area contributed by atoms with Crippen LogP contribution in [0.2, 0.25) is 5.02 Å². The number of benzene rings is 2. The number of hydrogen-bond acceptors (Lipinski definition) is 9. The first-order valence-electron chi connectivity index (χ1n) is 13.5. The Morgan fingerprint density at radius 3 is 2.66 bits per heavy atom. The molecule has 2 aliphatic heterocycles. The normalized spacial score (nSPS) is 14.5. The second kappa shape index (κ2) is 11.9. The molecule has 11 heteroatoms. The zero-order valence-corrected chi connectivity index (χ0v) is 23.4. The number of hydrogen-bond donors (Lipinski definition) is 2. The second-order valence-corrected chi connectivity index (χ2v) is 10.3. The molecule has 0 unspecified atom stereocenters. The lowest BCUT2D eigenvalue weighted by Crippen LogP contribution is -2.50. The number of carbonyl (C=O) groups is 1. The van der Waals surface area contributed by atoms with Gasteiger partial charge in [-0.05, 0) is 60.4 Å².